The summed E-state index contributed by atoms with van der Waals surface area (Å²) in [6.45, 7) is 8.61. The summed E-state index contributed by atoms with van der Waals surface area (Å²) in [4.78, 5) is 57.0. The molecule has 3 aliphatic heterocycles. The van der Waals surface area contributed by atoms with Crippen LogP contribution in [0.4, 0.5) is 11.5 Å². The van der Waals surface area contributed by atoms with Crippen LogP contribution in [0.25, 0.3) is 5.65 Å². The number of aromatic nitrogens is 7. The molecule has 0 saturated carbocycles. The molecular formula is C28H30N10O4. The topological polar surface area (TPSA) is 155 Å². The fraction of sp³-hybridized carbons (Fsp3) is 0.429. The van der Waals surface area contributed by atoms with Gasteiger partial charge in [-0.1, -0.05) is 6.07 Å². The van der Waals surface area contributed by atoms with E-state index in [1.807, 2.05) is 26.0 Å². The standard InChI is InChI=1S/C28H30N10O4/c1-16-9-20(36-8-7-28(3,27(36)42)38-15-29-17(2)32-38)14-37-24(16)31-23(33-37)25(39)35-12-18-10-34(11-19(18)13-35)22-6-4-5-21(30-22)26(40)41/h4-6,9,14-15,18-19H,7-8,10-13H2,1-3H3,(H,40,41). The molecule has 4 aromatic heterocycles. The molecule has 3 aliphatic rings. The van der Waals surface area contributed by atoms with Crippen LogP contribution >= 0.6 is 0 Å². The van der Waals surface area contributed by atoms with Gasteiger partial charge in [0, 0.05) is 44.6 Å². The first-order valence-corrected chi connectivity index (χ1v) is 13.9. The zero-order chi connectivity index (χ0) is 29.3. The molecule has 14 heteroatoms. The fourth-order valence-corrected chi connectivity index (χ4v) is 6.45. The predicted molar refractivity (Wildman–Crippen MR) is 149 cm³/mol. The van der Waals surface area contributed by atoms with E-state index >= 15 is 0 Å². The molecule has 3 fully saturated rings. The number of hydrogen-bond donors (Lipinski definition) is 1. The Morgan fingerprint density at radius 3 is 2.50 bits per heavy atom. The Balaban J connectivity index is 1.07. The number of anilines is 2. The van der Waals surface area contributed by atoms with E-state index in [1.54, 1.807) is 44.5 Å². The van der Waals surface area contributed by atoms with Crippen molar-refractivity contribution in [3.63, 3.8) is 0 Å². The Morgan fingerprint density at radius 2 is 1.81 bits per heavy atom. The largest absolute Gasteiger partial charge is 0.477 e. The molecule has 3 unspecified atom stereocenters. The lowest BCUT2D eigenvalue weighted by atomic mass is 10.0. The number of carbonyl (C=O) groups excluding carboxylic acids is 2. The number of aryl methyl sites for hydroxylation is 2. The lowest BCUT2D eigenvalue weighted by molar-refractivity contribution is -0.124. The normalized spacial score (nSPS) is 23.8. The summed E-state index contributed by atoms with van der Waals surface area (Å²) in [6, 6.07) is 6.90. The van der Waals surface area contributed by atoms with Crippen LogP contribution in [-0.2, 0) is 10.3 Å². The first-order valence-electron chi connectivity index (χ1n) is 13.9. The number of likely N-dealkylation sites (tertiary alicyclic amines) is 1. The molecule has 0 aromatic carbocycles. The van der Waals surface area contributed by atoms with Gasteiger partial charge in [-0.2, -0.15) is 5.10 Å². The van der Waals surface area contributed by atoms with Gasteiger partial charge in [0.05, 0.1) is 11.9 Å². The van der Waals surface area contributed by atoms with Crippen molar-refractivity contribution < 1.29 is 19.5 Å². The maximum absolute atomic E-state index is 13.5. The summed E-state index contributed by atoms with van der Waals surface area (Å²) < 4.78 is 3.22. The van der Waals surface area contributed by atoms with Gasteiger partial charge in [0.25, 0.3) is 11.8 Å². The van der Waals surface area contributed by atoms with E-state index in [2.05, 4.69) is 30.0 Å². The highest BCUT2D eigenvalue weighted by atomic mass is 16.4. The van der Waals surface area contributed by atoms with Crippen molar-refractivity contribution >= 4 is 34.9 Å². The van der Waals surface area contributed by atoms with Crippen LogP contribution in [0, 0.1) is 25.7 Å². The van der Waals surface area contributed by atoms with Crippen LogP contribution in [0.2, 0.25) is 0 Å². The van der Waals surface area contributed by atoms with Gasteiger partial charge in [-0.05, 0) is 51.0 Å². The second kappa shape index (κ2) is 9.33. The van der Waals surface area contributed by atoms with Crippen LogP contribution in [0.3, 0.4) is 0 Å². The lowest BCUT2D eigenvalue weighted by Gasteiger charge is -2.23. The van der Waals surface area contributed by atoms with Crippen molar-refractivity contribution in [1.29, 1.82) is 0 Å². The minimum absolute atomic E-state index is 0.0196. The van der Waals surface area contributed by atoms with Crippen molar-refractivity contribution in [2.24, 2.45) is 11.8 Å². The third-order valence-corrected chi connectivity index (χ3v) is 8.80. The van der Waals surface area contributed by atoms with Gasteiger partial charge in [0.1, 0.15) is 23.5 Å². The van der Waals surface area contributed by atoms with Crippen molar-refractivity contribution in [3.05, 3.63) is 59.7 Å². The minimum atomic E-state index is -1.05. The zero-order valence-electron chi connectivity index (χ0n) is 23.5. The second-order valence-corrected chi connectivity index (χ2v) is 11.6. The number of fused-ring (bicyclic) bond motifs is 2. The van der Waals surface area contributed by atoms with Gasteiger partial charge in [-0.15, -0.1) is 5.10 Å². The quantitative estimate of drug-likeness (QED) is 0.372. The third-order valence-electron chi connectivity index (χ3n) is 8.80. The molecular weight excluding hydrogens is 540 g/mol. The number of carbonyl (C=O) groups is 3. The molecule has 42 heavy (non-hydrogen) atoms. The maximum Gasteiger partial charge on any atom is 0.354 e. The summed E-state index contributed by atoms with van der Waals surface area (Å²) in [6.07, 6.45) is 3.93. The summed E-state index contributed by atoms with van der Waals surface area (Å²) in [5, 5.41) is 18.2. The van der Waals surface area contributed by atoms with Crippen molar-refractivity contribution in [1.82, 2.24) is 39.2 Å². The van der Waals surface area contributed by atoms with E-state index in [0.717, 1.165) is 5.56 Å². The van der Waals surface area contributed by atoms with E-state index < -0.39 is 11.5 Å². The summed E-state index contributed by atoms with van der Waals surface area (Å²) in [5.74, 6) is 0.520. The van der Waals surface area contributed by atoms with Gasteiger partial charge < -0.3 is 19.8 Å². The molecule has 0 aliphatic carbocycles. The lowest BCUT2D eigenvalue weighted by Crippen LogP contribution is -2.40. The van der Waals surface area contributed by atoms with Gasteiger partial charge in [-0.3, -0.25) is 9.59 Å². The third kappa shape index (κ3) is 4.08. The maximum atomic E-state index is 13.5. The van der Waals surface area contributed by atoms with Gasteiger partial charge in [0.15, 0.2) is 11.3 Å². The second-order valence-electron chi connectivity index (χ2n) is 11.6. The number of rotatable bonds is 5. The Labute approximate surface area is 240 Å². The highest BCUT2D eigenvalue weighted by Crippen LogP contribution is 2.35. The van der Waals surface area contributed by atoms with E-state index in [0.29, 0.717) is 62.1 Å². The average Bonchev–Trinajstić information content (AvgIpc) is 3.78. The molecule has 7 rings (SSSR count). The van der Waals surface area contributed by atoms with Gasteiger partial charge in [-0.25, -0.2) is 28.9 Å². The van der Waals surface area contributed by atoms with Gasteiger partial charge in [0.2, 0.25) is 5.82 Å². The van der Waals surface area contributed by atoms with Crippen LogP contribution < -0.4 is 9.80 Å². The summed E-state index contributed by atoms with van der Waals surface area (Å²) in [5.41, 5.74) is 1.25. The Morgan fingerprint density at radius 1 is 1.05 bits per heavy atom. The first-order chi connectivity index (χ1) is 20.1. The molecule has 0 spiro atoms. The monoisotopic (exact) mass is 570 g/mol. The highest BCUT2D eigenvalue weighted by Gasteiger charge is 2.46. The SMILES string of the molecule is Cc1ncn(C2(C)CCN(c3cc(C)c4nc(C(=O)N5CC6CN(c7cccc(C(=O)O)n7)CC6C5)nn4c3)C2=O)n1. The number of aromatic carboxylic acids is 1. The first kappa shape index (κ1) is 26.0. The molecule has 3 atom stereocenters. The van der Waals surface area contributed by atoms with Crippen molar-refractivity contribution in [3.8, 4) is 0 Å². The Kier molecular flexibility index (Phi) is 5.78. The van der Waals surface area contributed by atoms with Crippen LogP contribution in [-0.4, -0.2) is 94.9 Å². The fourth-order valence-electron chi connectivity index (χ4n) is 6.45. The average molecular weight is 571 g/mol. The van der Waals surface area contributed by atoms with Crippen molar-refractivity contribution in [2.75, 3.05) is 42.5 Å². The molecule has 14 nitrogen and oxygen atoms in total. The van der Waals surface area contributed by atoms with Crippen LogP contribution in [0.5, 0.6) is 0 Å². The van der Waals surface area contributed by atoms with Crippen LogP contribution in [0.15, 0.2) is 36.8 Å². The molecule has 2 amide bonds. The number of nitrogens with zero attached hydrogens (tertiary/aromatic N) is 10. The molecule has 7 heterocycles. The molecule has 216 valence electrons. The molecule has 4 aromatic rings. The summed E-state index contributed by atoms with van der Waals surface area (Å²) >= 11 is 0. The van der Waals surface area contributed by atoms with E-state index in [9.17, 15) is 19.5 Å². The Hall–Kier alpha value is -4.88. The molecule has 0 bridgehead atoms. The molecule has 3 saturated heterocycles. The van der Waals surface area contributed by atoms with Crippen LogP contribution in [0.1, 0.15) is 45.8 Å². The van der Waals surface area contributed by atoms with E-state index in [-0.39, 0.29) is 35.2 Å². The van der Waals surface area contributed by atoms with Gasteiger partial charge >= 0.3 is 5.97 Å². The molecule has 0 radical (unpaired) electrons. The predicted octanol–water partition coefficient (Wildman–Crippen LogP) is 1.39. The number of hydrogen-bond acceptors (Lipinski definition) is 9. The smallest absolute Gasteiger partial charge is 0.354 e. The van der Waals surface area contributed by atoms with Crippen molar-refractivity contribution in [2.45, 2.75) is 32.7 Å². The molecule has 1 N–H and O–H groups in total. The minimum Gasteiger partial charge on any atom is -0.477 e. The summed E-state index contributed by atoms with van der Waals surface area (Å²) in [7, 11) is 0. The number of amides is 2. The highest BCUT2D eigenvalue weighted by molar-refractivity contribution is 6.01. The number of carboxylic acids is 1. The zero-order valence-corrected chi connectivity index (χ0v) is 23.5. The number of pyridine rings is 2. The van der Waals surface area contributed by atoms with E-state index in [1.165, 1.54) is 6.07 Å². The Bertz CT molecular complexity index is 1750. The number of carboxylic acid groups (broad SMARTS) is 1. The van der Waals surface area contributed by atoms with E-state index in [4.69, 9.17) is 0 Å².